The molecule has 100 valence electrons. The number of carbonyl (C=O) groups excluding carboxylic acids is 1. The first-order chi connectivity index (χ1) is 7.90. The molecule has 5 nitrogen and oxygen atoms in total. The normalized spacial score (nSPS) is 22.2. The number of likely N-dealkylation sites (N-methyl/N-ethyl adjacent to an activating group) is 1. The van der Waals surface area contributed by atoms with Crippen LogP contribution in [0.4, 0.5) is 4.79 Å². The zero-order valence-electron chi connectivity index (χ0n) is 11.3. The van der Waals surface area contributed by atoms with E-state index in [1.165, 1.54) is 0 Å². The molecule has 1 heterocycles. The van der Waals surface area contributed by atoms with Crippen molar-refractivity contribution in [1.82, 2.24) is 10.2 Å². The largest absolute Gasteiger partial charge is 0.444 e. The first-order valence-electron chi connectivity index (χ1n) is 6.21. The molecule has 1 unspecified atom stereocenters. The summed E-state index contributed by atoms with van der Waals surface area (Å²) in [6.45, 7) is 11.8. The Balaban J connectivity index is 2.23. The van der Waals surface area contributed by atoms with Crippen molar-refractivity contribution in [2.75, 3.05) is 32.8 Å². The molecule has 1 saturated heterocycles. The van der Waals surface area contributed by atoms with Gasteiger partial charge in [0.25, 0.3) is 0 Å². The summed E-state index contributed by atoms with van der Waals surface area (Å²) >= 11 is 0. The average Bonchev–Trinajstić information content (AvgIpc) is 2.24. The van der Waals surface area contributed by atoms with E-state index in [0.29, 0.717) is 6.54 Å². The first-order valence-corrected chi connectivity index (χ1v) is 6.21. The summed E-state index contributed by atoms with van der Waals surface area (Å²) < 4.78 is 10.7. The monoisotopic (exact) mass is 244 g/mol. The van der Waals surface area contributed by atoms with Crippen LogP contribution in [0.3, 0.4) is 0 Å². The Morgan fingerprint density at radius 1 is 1.53 bits per heavy atom. The Bertz CT molecular complexity index is 251. The Morgan fingerprint density at radius 3 is 2.82 bits per heavy atom. The van der Waals surface area contributed by atoms with Crippen LogP contribution in [0, 0.1) is 0 Å². The lowest BCUT2D eigenvalue weighted by atomic mass is 10.2. The van der Waals surface area contributed by atoms with Gasteiger partial charge in [-0.25, -0.2) is 4.79 Å². The number of hydrogen-bond acceptors (Lipinski definition) is 4. The molecule has 17 heavy (non-hydrogen) atoms. The molecule has 0 radical (unpaired) electrons. The van der Waals surface area contributed by atoms with E-state index in [1.807, 2.05) is 20.8 Å². The van der Waals surface area contributed by atoms with Gasteiger partial charge in [-0.2, -0.15) is 0 Å². The van der Waals surface area contributed by atoms with Crippen molar-refractivity contribution in [3.63, 3.8) is 0 Å². The lowest BCUT2D eigenvalue weighted by Crippen LogP contribution is -2.47. The van der Waals surface area contributed by atoms with E-state index in [4.69, 9.17) is 9.47 Å². The van der Waals surface area contributed by atoms with E-state index in [0.717, 1.165) is 26.2 Å². The van der Waals surface area contributed by atoms with Crippen LogP contribution < -0.4 is 5.32 Å². The molecule has 1 aliphatic rings. The highest BCUT2D eigenvalue weighted by molar-refractivity contribution is 5.67. The van der Waals surface area contributed by atoms with E-state index < -0.39 is 5.60 Å². The molecule has 1 rings (SSSR count). The Hall–Kier alpha value is -0.810. The molecule has 0 aromatic heterocycles. The van der Waals surface area contributed by atoms with E-state index in [2.05, 4.69) is 17.1 Å². The quantitative estimate of drug-likeness (QED) is 0.811. The summed E-state index contributed by atoms with van der Waals surface area (Å²) in [5.74, 6) is 0. The van der Waals surface area contributed by atoms with Crippen molar-refractivity contribution in [2.24, 2.45) is 0 Å². The average molecular weight is 244 g/mol. The number of alkyl carbamates (subject to hydrolysis) is 1. The molecular weight excluding hydrogens is 220 g/mol. The highest BCUT2D eigenvalue weighted by Crippen LogP contribution is 2.07. The fraction of sp³-hybridized carbons (Fsp3) is 0.917. The van der Waals surface area contributed by atoms with E-state index in [1.54, 1.807) is 0 Å². The minimum Gasteiger partial charge on any atom is -0.444 e. The van der Waals surface area contributed by atoms with E-state index in [9.17, 15) is 4.79 Å². The maximum Gasteiger partial charge on any atom is 0.407 e. The van der Waals surface area contributed by atoms with Crippen molar-refractivity contribution >= 4 is 6.09 Å². The van der Waals surface area contributed by atoms with Gasteiger partial charge in [-0.3, -0.25) is 4.90 Å². The summed E-state index contributed by atoms with van der Waals surface area (Å²) in [6, 6.07) is 0. The van der Waals surface area contributed by atoms with Gasteiger partial charge in [0.15, 0.2) is 0 Å². The minimum absolute atomic E-state index is 0.0659. The van der Waals surface area contributed by atoms with Gasteiger partial charge in [0.1, 0.15) is 5.60 Å². The van der Waals surface area contributed by atoms with Crippen molar-refractivity contribution in [3.05, 3.63) is 0 Å². The number of nitrogens with one attached hydrogen (secondary N) is 1. The number of nitrogens with zero attached hydrogens (tertiary/aromatic N) is 1. The molecule has 0 aromatic carbocycles. The van der Waals surface area contributed by atoms with Crippen molar-refractivity contribution < 1.29 is 14.3 Å². The van der Waals surface area contributed by atoms with Gasteiger partial charge in [-0.05, 0) is 27.3 Å². The molecule has 1 aliphatic heterocycles. The molecule has 0 spiro atoms. The number of morpholine rings is 1. The van der Waals surface area contributed by atoms with Gasteiger partial charge >= 0.3 is 6.09 Å². The zero-order chi connectivity index (χ0) is 12.9. The molecule has 1 fully saturated rings. The van der Waals surface area contributed by atoms with Gasteiger partial charge in [-0.15, -0.1) is 0 Å². The van der Waals surface area contributed by atoms with Crippen molar-refractivity contribution in [2.45, 2.75) is 39.4 Å². The molecule has 1 N–H and O–H groups in total. The van der Waals surface area contributed by atoms with Crippen molar-refractivity contribution in [1.29, 1.82) is 0 Å². The standard InChI is InChI=1S/C12H24N2O3/c1-5-14-6-7-16-10(9-14)8-13-11(15)17-12(2,3)4/h10H,5-9H2,1-4H3,(H,13,15). The summed E-state index contributed by atoms with van der Waals surface area (Å²) in [4.78, 5) is 13.8. The third-order valence-electron chi connectivity index (χ3n) is 2.54. The molecule has 1 amide bonds. The van der Waals surface area contributed by atoms with Crippen LogP contribution in [0.15, 0.2) is 0 Å². The Kier molecular flexibility index (Phi) is 5.21. The summed E-state index contributed by atoms with van der Waals surface area (Å²) in [5.41, 5.74) is -0.451. The van der Waals surface area contributed by atoms with Crippen LogP contribution in [0.25, 0.3) is 0 Å². The summed E-state index contributed by atoms with van der Waals surface area (Å²) in [7, 11) is 0. The van der Waals surface area contributed by atoms with Gasteiger partial charge < -0.3 is 14.8 Å². The van der Waals surface area contributed by atoms with Crippen LogP contribution in [0.5, 0.6) is 0 Å². The van der Waals surface area contributed by atoms with Crippen LogP contribution >= 0.6 is 0 Å². The number of amides is 1. The second-order valence-corrected chi connectivity index (χ2v) is 5.27. The SMILES string of the molecule is CCN1CCOC(CNC(=O)OC(C)(C)C)C1. The number of rotatable bonds is 3. The first kappa shape index (κ1) is 14.3. The smallest absolute Gasteiger partial charge is 0.407 e. The predicted octanol–water partition coefficient (Wildman–Crippen LogP) is 1.23. The minimum atomic E-state index is -0.451. The fourth-order valence-corrected chi connectivity index (χ4v) is 1.70. The second kappa shape index (κ2) is 6.21. The third-order valence-corrected chi connectivity index (χ3v) is 2.54. The molecular formula is C12H24N2O3. The molecule has 0 bridgehead atoms. The molecule has 0 saturated carbocycles. The summed E-state index contributed by atoms with van der Waals surface area (Å²) in [5, 5.41) is 2.74. The number of hydrogen-bond donors (Lipinski definition) is 1. The van der Waals surface area contributed by atoms with E-state index >= 15 is 0 Å². The fourth-order valence-electron chi connectivity index (χ4n) is 1.70. The predicted molar refractivity (Wildman–Crippen MR) is 66.1 cm³/mol. The third kappa shape index (κ3) is 5.89. The van der Waals surface area contributed by atoms with Gasteiger partial charge in [0.05, 0.1) is 12.7 Å². The Labute approximate surface area is 103 Å². The Morgan fingerprint density at radius 2 is 2.24 bits per heavy atom. The maximum absolute atomic E-state index is 11.4. The molecule has 1 atom stereocenters. The van der Waals surface area contributed by atoms with Gasteiger partial charge in [-0.1, -0.05) is 6.92 Å². The lowest BCUT2D eigenvalue weighted by Gasteiger charge is -2.32. The highest BCUT2D eigenvalue weighted by atomic mass is 16.6. The maximum atomic E-state index is 11.4. The number of ether oxygens (including phenoxy) is 2. The van der Waals surface area contributed by atoms with Crippen LogP contribution in [-0.4, -0.2) is 55.5 Å². The van der Waals surface area contributed by atoms with Crippen molar-refractivity contribution in [3.8, 4) is 0 Å². The number of carbonyl (C=O) groups is 1. The lowest BCUT2D eigenvalue weighted by molar-refractivity contribution is -0.0268. The van der Waals surface area contributed by atoms with Crippen LogP contribution in [-0.2, 0) is 9.47 Å². The summed E-state index contributed by atoms with van der Waals surface area (Å²) in [6.07, 6.45) is -0.314. The second-order valence-electron chi connectivity index (χ2n) is 5.27. The van der Waals surface area contributed by atoms with Gasteiger partial charge in [0.2, 0.25) is 0 Å². The highest BCUT2D eigenvalue weighted by Gasteiger charge is 2.21. The molecule has 0 aromatic rings. The van der Waals surface area contributed by atoms with Crippen LogP contribution in [0.2, 0.25) is 0 Å². The topological polar surface area (TPSA) is 50.8 Å². The van der Waals surface area contributed by atoms with E-state index in [-0.39, 0.29) is 12.2 Å². The van der Waals surface area contributed by atoms with Crippen LogP contribution in [0.1, 0.15) is 27.7 Å². The molecule has 5 heteroatoms. The van der Waals surface area contributed by atoms with Gasteiger partial charge in [0, 0.05) is 19.6 Å². The molecule has 0 aliphatic carbocycles. The zero-order valence-corrected chi connectivity index (χ0v) is 11.3.